The summed E-state index contributed by atoms with van der Waals surface area (Å²) >= 11 is 4.78. The van der Waals surface area contributed by atoms with Gasteiger partial charge in [0.1, 0.15) is 11.3 Å². The van der Waals surface area contributed by atoms with Crippen LogP contribution in [0.25, 0.3) is 16.7 Å². The Morgan fingerprint density at radius 1 is 1.13 bits per heavy atom. The zero-order valence-electron chi connectivity index (χ0n) is 15.4. The monoisotopic (exact) mass is 430 g/mol. The highest BCUT2D eigenvalue weighted by atomic mass is 32.1. The first-order chi connectivity index (χ1) is 14.3. The first-order valence-electron chi connectivity index (χ1n) is 8.45. The summed E-state index contributed by atoms with van der Waals surface area (Å²) in [5.41, 5.74) is 8.47. The largest absolute Gasteiger partial charge is 0.595 e. The summed E-state index contributed by atoms with van der Waals surface area (Å²) in [5, 5.41) is 46.8. The standard InChI is InChI=1S/C18H18N6O5S/c1-10(20-13-7-6-11(23(25)26)8-15(13)24(27)28)17-9-14(21-22-18(19)30)12-4-2-3-5-16(12)29-17/h2-9,20,23-25,27H,1H2,(H3,19,22,30)/b21-14-. The fourth-order valence-corrected chi connectivity index (χ4v) is 2.71. The third kappa shape index (κ3) is 4.79. The molecule has 0 aliphatic carbocycles. The molecule has 3 rings (SSSR count). The number of quaternary nitrogens is 2. The number of para-hydroxylation sites is 1. The van der Waals surface area contributed by atoms with E-state index < -0.39 is 10.5 Å². The fraction of sp³-hybridized carbons (Fsp3) is 0. The number of hydrogen-bond donors (Lipinski definition) is 7. The summed E-state index contributed by atoms with van der Waals surface area (Å²) in [6.45, 7) is 3.89. The van der Waals surface area contributed by atoms with Gasteiger partial charge in [-0.05, 0) is 30.4 Å². The second-order valence-corrected chi connectivity index (χ2v) is 6.49. The van der Waals surface area contributed by atoms with Crippen LogP contribution in [0.4, 0.5) is 17.1 Å². The molecule has 2 unspecified atom stereocenters. The van der Waals surface area contributed by atoms with E-state index in [1.54, 1.807) is 24.3 Å². The van der Waals surface area contributed by atoms with E-state index >= 15 is 0 Å². The van der Waals surface area contributed by atoms with E-state index in [4.69, 9.17) is 27.6 Å². The molecule has 30 heavy (non-hydrogen) atoms. The lowest BCUT2D eigenvalue weighted by atomic mass is 10.2. The van der Waals surface area contributed by atoms with E-state index in [-0.39, 0.29) is 33.6 Å². The van der Waals surface area contributed by atoms with E-state index in [0.717, 1.165) is 6.07 Å². The molecule has 0 aliphatic heterocycles. The average molecular weight is 430 g/mol. The molecule has 2 atom stereocenters. The molecule has 0 bridgehead atoms. The van der Waals surface area contributed by atoms with Crippen molar-refractivity contribution in [3.8, 4) is 0 Å². The lowest BCUT2D eigenvalue weighted by Gasteiger charge is -2.19. The second kappa shape index (κ2) is 8.98. The summed E-state index contributed by atoms with van der Waals surface area (Å²) in [5.74, 6) is 0.274. The van der Waals surface area contributed by atoms with Crippen LogP contribution in [0.1, 0.15) is 5.76 Å². The van der Waals surface area contributed by atoms with E-state index in [2.05, 4.69) is 22.4 Å². The third-order valence-corrected chi connectivity index (χ3v) is 4.11. The summed E-state index contributed by atoms with van der Waals surface area (Å²) in [6.07, 6.45) is 0. The van der Waals surface area contributed by atoms with Gasteiger partial charge < -0.3 is 25.9 Å². The van der Waals surface area contributed by atoms with E-state index in [1.807, 2.05) is 6.07 Å². The van der Waals surface area contributed by atoms with Crippen LogP contribution < -0.4 is 32.3 Å². The molecule has 1 aromatic heterocycles. The molecule has 0 radical (unpaired) electrons. The van der Waals surface area contributed by atoms with E-state index in [9.17, 15) is 15.6 Å². The topological polar surface area (TPSA) is 171 Å². The van der Waals surface area contributed by atoms with Gasteiger partial charge in [0, 0.05) is 17.5 Å². The van der Waals surface area contributed by atoms with Crippen molar-refractivity contribution in [2.24, 2.45) is 10.8 Å². The molecule has 0 saturated heterocycles. The highest BCUT2D eigenvalue weighted by Crippen LogP contribution is 2.25. The fourth-order valence-electron chi connectivity index (χ4n) is 2.66. The highest BCUT2D eigenvalue weighted by molar-refractivity contribution is 7.80. The van der Waals surface area contributed by atoms with Gasteiger partial charge in [-0.2, -0.15) is 15.6 Å². The van der Waals surface area contributed by atoms with Gasteiger partial charge >= 0.3 is 0 Å². The molecule has 156 valence electrons. The predicted molar refractivity (Wildman–Crippen MR) is 112 cm³/mol. The predicted octanol–water partition coefficient (Wildman–Crippen LogP) is -0.0287. The van der Waals surface area contributed by atoms with Crippen LogP contribution >= 0.6 is 12.2 Å². The molecule has 1 heterocycles. The minimum Gasteiger partial charge on any atom is -0.595 e. The molecule has 0 spiro atoms. The second-order valence-electron chi connectivity index (χ2n) is 6.05. The number of rotatable bonds is 6. The van der Waals surface area contributed by atoms with Gasteiger partial charge in [0.25, 0.3) is 0 Å². The van der Waals surface area contributed by atoms with Crippen molar-refractivity contribution >= 4 is 51.1 Å². The lowest BCUT2D eigenvalue weighted by Crippen LogP contribution is -3.00. The van der Waals surface area contributed by atoms with Crippen molar-refractivity contribution in [3.63, 3.8) is 0 Å². The molecule has 2 aromatic carbocycles. The summed E-state index contributed by atoms with van der Waals surface area (Å²) in [6, 6.07) is 12.4. The lowest BCUT2D eigenvalue weighted by molar-refractivity contribution is -0.996. The quantitative estimate of drug-likeness (QED) is 0.209. The molecule has 0 saturated carbocycles. The van der Waals surface area contributed by atoms with Gasteiger partial charge in [0.15, 0.2) is 22.2 Å². The molecule has 8 N–H and O–H groups in total. The van der Waals surface area contributed by atoms with Crippen LogP contribution in [0.15, 0.2) is 64.6 Å². The maximum absolute atomic E-state index is 11.6. The first-order valence-corrected chi connectivity index (χ1v) is 8.86. The number of nitrogens with two attached hydrogens (primary N) is 1. The number of fused-ring (bicyclic) bond motifs is 1. The van der Waals surface area contributed by atoms with Crippen molar-refractivity contribution in [3.05, 3.63) is 76.6 Å². The van der Waals surface area contributed by atoms with Crippen molar-refractivity contribution < 1.29 is 25.3 Å². The minimum atomic E-state index is -1.29. The average Bonchev–Trinajstić information content (AvgIpc) is 2.71. The Hall–Kier alpha value is -3.36. The smallest absolute Gasteiger partial charge is 0.193 e. The SMILES string of the molecule is C=C(Nc1ccc([NH+]([O-])O)cc1[NH+]([O-])O)c1c/c(=N/NC(N)=S)c2ccccc2o1. The van der Waals surface area contributed by atoms with Crippen LogP contribution in [-0.2, 0) is 0 Å². The van der Waals surface area contributed by atoms with Crippen LogP contribution in [0.5, 0.6) is 0 Å². The maximum Gasteiger partial charge on any atom is 0.193 e. The Morgan fingerprint density at radius 3 is 2.53 bits per heavy atom. The Bertz CT molecular complexity index is 1180. The zero-order chi connectivity index (χ0) is 21.8. The van der Waals surface area contributed by atoms with Crippen molar-refractivity contribution in [1.29, 1.82) is 0 Å². The van der Waals surface area contributed by atoms with Gasteiger partial charge in [0.2, 0.25) is 0 Å². The van der Waals surface area contributed by atoms with E-state index in [1.165, 1.54) is 12.1 Å². The third-order valence-electron chi connectivity index (χ3n) is 4.02. The van der Waals surface area contributed by atoms with Crippen molar-refractivity contribution in [2.45, 2.75) is 0 Å². The summed E-state index contributed by atoms with van der Waals surface area (Å²) < 4.78 is 5.85. The van der Waals surface area contributed by atoms with Gasteiger partial charge in [-0.1, -0.05) is 18.7 Å². The number of anilines is 1. The number of benzene rings is 2. The highest BCUT2D eigenvalue weighted by Gasteiger charge is 2.16. The molecule has 0 aliphatic rings. The maximum atomic E-state index is 11.6. The molecule has 11 nitrogen and oxygen atoms in total. The molecule has 3 aromatic rings. The van der Waals surface area contributed by atoms with Gasteiger partial charge in [-0.15, -0.1) is 0 Å². The van der Waals surface area contributed by atoms with Crippen LogP contribution in [0.3, 0.4) is 0 Å². The van der Waals surface area contributed by atoms with E-state index in [0.29, 0.717) is 16.3 Å². The number of hydrogen-bond acceptors (Lipinski definition) is 8. The normalized spacial score (nSPS) is 13.7. The Balaban J connectivity index is 2.02. The van der Waals surface area contributed by atoms with Crippen LogP contribution in [0.2, 0.25) is 0 Å². The number of nitrogens with zero attached hydrogens (tertiary/aromatic N) is 1. The Morgan fingerprint density at radius 2 is 1.87 bits per heavy atom. The Labute approximate surface area is 175 Å². The summed E-state index contributed by atoms with van der Waals surface area (Å²) in [4.78, 5) is 0. The van der Waals surface area contributed by atoms with Crippen LogP contribution in [-0.4, -0.2) is 15.5 Å². The van der Waals surface area contributed by atoms with Gasteiger partial charge in [-0.25, -0.2) is 10.4 Å². The minimum absolute atomic E-state index is 0.0111. The molecule has 12 heteroatoms. The molecule has 0 amide bonds. The van der Waals surface area contributed by atoms with Crippen molar-refractivity contribution in [1.82, 2.24) is 5.43 Å². The first kappa shape index (κ1) is 21.4. The summed E-state index contributed by atoms with van der Waals surface area (Å²) in [7, 11) is 0. The van der Waals surface area contributed by atoms with Crippen molar-refractivity contribution in [2.75, 3.05) is 5.32 Å². The van der Waals surface area contributed by atoms with Gasteiger partial charge in [0.05, 0.1) is 17.1 Å². The molecular formula is C18H18N6O5S. The zero-order valence-corrected chi connectivity index (χ0v) is 16.2. The van der Waals surface area contributed by atoms with Gasteiger partial charge in [-0.3, -0.25) is 5.43 Å². The molecular weight excluding hydrogens is 412 g/mol. The molecule has 0 fully saturated rings. The van der Waals surface area contributed by atoms with Crippen LogP contribution in [0, 0.1) is 10.4 Å². The Kier molecular flexibility index (Phi) is 6.39. The number of thiocarbonyl (C=S) groups is 1. The number of nitrogens with one attached hydrogen (secondary N) is 4.